The van der Waals surface area contributed by atoms with Crippen molar-refractivity contribution in [2.75, 3.05) is 30.3 Å². The lowest BCUT2D eigenvalue weighted by atomic mass is 10.1. The molecule has 0 aliphatic carbocycles. The SMILES string of the molecule is CCC1CCCN1C(=O)c1sc(N2CCCCC2)nc1N. The predicted molar refractivity (Wildman–Crippen MR) is 86.9 cm³/mol. The minimum Gasteiger partial charge on any atom is -0.382 e. The Hall–Kier alpha value is -1.30. The summed E-state index contributed by atoms with van der Waals surface area (Å²) in [5.41, 5.74) is 6.03. The summed E-state index contributed by atoms with van der Waals surface area (Å²) < 4.78 is 0. The number of anilines is 2. The Balaban J connectivity index is 1.78. The molecule has 2 aliphatic heterocycles. The fourth-order valence-corrected chi connectivity index (χ4v) is 4.34. The average Bonchev–Trinajstić information content (AvgIpc) is 3.13. The van der Waals surface area contributed by atoms with E-state index in [4.69, 9.17) is 5.73 Å². The molecule has 2 fully saturated rings. The predicted octanol–water partition coefficient (Wildman–Crippen LogP) is 2.73. The van der Waals surface area contributed by atoms with Crippen molar-refractivity contribution in [1.29, 1.82) is 0 Å². The Morgan fingerprint density at radius 3 is 2.76 bits per heavy atom. The number of carbonyl (C=O) groups excluding carboxylic acids is 1. The highest BCUT2D eigenvalue weighted by molar-refractivity contribution is 7.18. The van der Waals surface area contributed by atoms with Crippen LogP contribution in [0.3, 0.4) is 0 Å². The fraction of sp³-hybridized carbons (Fsp3) is 0.733. The van der Waals surface area contributed by atoms with Crippen LogP contribution in [0.1, 0.15) is 55.1 Å². The van der Waals surface area contributed by atoms with Crippen molar-refractivity contribution in [2.24, 2.45) is 0 Å². The van der Waals surface area contributed by atoms with Gasteiger partial charge in [0.25, 0.3) is 5.91 Å². The quantitative estimate of drug-likeness (QED) is 0.932. The van der Waals surface area contributed by atoms with Gasteiger partial charge in [-0.25, -0.2) is 4.98 Å². The largest absolute Gasteiger partial charge is 0.382 e. The smallest absolute Gasteiger partial charge is 0.268 e. The van der Waals surface area contributed by atoms with Crippen LogP contribution in [0.4, 0.5) is 10.9 Å². The molecule has 5 nitrogen and oxygen atoms in total. The van der Waals surface area contributed by atoms with Crippen molar-refractivity contribution in [1.82, 2.24) is 9.88 Å². The van der Waals surface area contributed by atoms with E-state index in [1.54, 1.807) is 0 Å². The number of piperidine rings is 1. The number of likely N-dealkylation sites (tertiary alicyclic amines) is 1. The van der Waals surface area contributed by atoms with Crippen LogP contribution in [-0.2, 0) is 0 Å². The van der Waals surface area contributed by atoms with Gasteiger partial charge in [0.2, 0.25) is 0 Å². The molecule has 2 aliphatic rings. The van der Waals surface area contributed by atoms with Gasteiger partial charge in [-0.1, -0.05) is 18.3 Å². The molecule has 2 N–H and O–H groups in total. The molecule has 1 aromatic rings. The van der Waals surface area contributed by atoms with Crippen molar-refractivity contribution in [3.63, 3.8) is 0 Å². The summed E-state index contributed by atoms with van der Waals surface area (Å²) in [4.78, 5) is 22.1. The first kappa shape index (κ1) is 14.6. The van der Waals surface area contributed by atoms with E-state index in [0.29, 0.717) is 16.7 Å². The van der Waals surface area contributed by atoms with E-state index in [9.17, 15) is 4.79 Å². The monoisotopic (exact) mass is 308 g/mol. The molecule has 0 saturated carbocycles. The Morgan fingerprint density at radius 1 is 1.29 bits per heavy atom. The summed E-state index contributed by atoms with van der Waals surface area (Å²) in [6.45, 7) is 5.06. The van der Waals surface area contributed by atoms with Crippen LogP contribution in [-0.4, -0.2) is 41.5 Å². The van der Waals surface area contributed by atoms with E-state index in [2.05, 4.69) is 16.8 Å². The molecule has 1 amide bonds. The van der Waals surface area contributed by atoms with E-state index in [-0.39, 0.29) is 5.91 Å². The summed E-state index contributed by atoms with van der Waals surface area (Å²) in [6, 6.07) is 0.373. The molecule has 1 aromatic heterocycles. The Bertz CT molecular complexity index is 510. The molecule has 0 spiro atoms. The normalized spacial score (nSPS) is 22.8. The molecule has 0 radical (unpaired) electrons. The van der Waals surface area contributed by atoms with Crippen molar-refractivity contribution < 1.29 is 4.79 Å². The van der Waals surface area contributed by atoms with Gasteiger partial charge in [-0.3, -0.25) is 4.79 Å². The highest BCUT2D eigenvalue weighted by atomic mass is 32.1. The molecule has 1 unspecified atom stereocenters. The van der Waals surface area contributed by atoms with Crippen molar-refractivity contribution in [2.45, 2.75) is 51.5 Å². The molecule has 0 bridgehead atoms. The molecule has 21 heavy (non-hydrogen) atoms. The molecule has 116 valence electrons. The van der Waals surface area contributed by atoms with E-state index in [0.717, 1.165) is 44.0 Å². The maximum absolute atomic E-state index is 12.7. The Morgan fingerprint density at radius 2 is 2.05 bits per heavy atom. The minimum absolute atomic E-state index is 0.0811. The molecular weight excluding hydrogens is 284 g/mol. The first-order valence-electron chi connectivity index (χ1n) is 8.03. The summed E-state index contributed by atoms with van der Waals surface area (Å²) in [5, 5.41) is 0.919. The number of carbonyl (C=O) groups is 1. The second-order valence-corrected chi connectivity index (χ2v) is 6.94. The van der Waals surface area contributed by atoms with Gasteiger partial charge in [0.15, 0.2) is 5.13 Å². The van der Waals surface area contributed by atoms with Crippen molar-refractivity contribution in [3.05, 3.63) is 4.88 Å². The fourth-order valence-electron chi connectivity index (χ4n) is 3.35. The van der Waals surface area contributed by atoms with Gasteiger partial charge in [-0.2, -0.15) is 0 Å². The lowest BCUT2D eigenvalue weighted by Gasteiger charge is -2.25. The summed E-state index contributed by atoms with van der Waals surface area (Å²) in [6.07, 6.45) is 6.92. The van der Waals surface area contributed by atoms with Crippen molar-refractivity contribution in [3.8, 4) is 0 Å². The van der Waals surface area contributed by atoms with E-state index < -0.39 is 0 Å². The van der Waals surface area contributed by atoms with Crippen LogP contribution in [0.5, 0.6) is 0 Å². The lowest BCUT2D eigenvalue weighted by Crippen LogP contribution is -2.35. The van der Waals surface area contributed by atoms with Gasteiger partial charge in [0.1, 0.15) is 10.7 Å². The molecule has 3 heterocycles. The van der Waals surface area contributed by atoms with Crippen LogP contribution in [0, 0.1) is 0 Å². The second kappa shape index (κ2) is 6.22. The van der Waals surface area contributed by atoms with Crippen LogP contribution >= 0.6 is 11.3 Å². The number of hydrogen-bond donors (Lipinski definition) is 1. The summed E-state index contributed by atoms with van der Waals surface area (Å²) in [5.74, 6) is 0.491. The third-order valence-electron chi connectivity index (χ3n) is 4.57. The van der Waals surface area contributed by atoms with Gasteiger partial charge >= 0.3 is 0 Å². The van der Waals surface area contributed by atoms with E-state index in [1.807, 2.05) is 4.90 Å². The zero-order valence-corrected chi connectivity index (χ0v) is 13.5. The number of aromatic nitrogens is 1. The maximum atomic E-state index is 12.7. The second-order valence-electron chi connectivity index (χ2n) is 5.96. The third-order valence-corrected chi connectivity index (χ3v) is 5.69. The summed E-state index contributed by atoms with van der Waals surface area (Å²) >= 11 is 1.47. The molecular formula is C15H24N4OS. The highest BCUT2D eigenvalue weighted by Gasteiger charge is 2.31. The van der Waals surface area contributed by atoms with Crippen LogP contribution in [0.15, 0.2) is 0 Å². The van der Waals surface area contributed by atoms with Crippen molar-refractivity contribution >= 4 is 28.2 Å². The highest BCUT2D eigenvalue weighted by Crippen LogP contribution is 2.33. The molecule has 1 atom stereocenters. The zero-order chi connectivity index (χ0) is 14.8. The van der Waals surface area contributed by atoms with Gasteiger partial charge in [0, 0.05) is 25.7 Å². The molecule has 2 saturated heterocycles. The first-order valence-corrected chi connectivity index (χ1v) is 8.84. The number of nitrogen functional groups attached to an aromatic ring is 1. The lowest BCUT2D eigenvalue weighted by molar-refractivity contribution is 0.0739. The van der Waals surface area contributed by atoms with Gasteiger partial charge in [-0.05, 0) is 38.5 Å². The maximum Gasteiger partial charge on any atom is 0.268 e. The number of nitrogens with zero attached hydrogens (tertiary/aromatic N) is 3. The van der Waals surface area contributed by atoms with Crippen LogP contribution in [0.25, 0.3) is 0 Å². The third kappa shape index (κ3) is 2.86. The number of amides is 1. The number of hydrogen-bond acceptors (Lipinski definition) is 5. The van der Waals surface area contributed by atoms with Gasteiger partial charge in [-0.15, -0.1) is 0 Å². The Labute approximate surface area is 130 Å². The molecule has 3 rings (SSSR count). The van der Waals surface area contributed by atoms with Crippen LogP contribution < -0.4 is 10.6 Å². The van der Waals surface area contributed by atoms with Gasteiger partial charge in [0.05, 0.1) is 0 Å². The number of thiazole rings is 1. The van der Waals surface area contributed by atoms with E-state index >= 15 is 0 Å². The van der Waals surface area contributed by atoms with E-state index in [1.165, 1.54) is 30.6 Å². The first-order chi connectivity index (χ1) is 10.2. The van der Waals surface area contributed by atoms with Crippen LogP contribution in [0.2, 0.25) is 0 Å². The number of rotatable bonds is 3. The standard InChI is InChI=1S/C15H24N4OS/c1-2-11-7-6-10-19(11)14(20)12-13(16)17-15(21-12)18-8-4-3-5-9-18/h11H,2-10,16H2,1H3. The number of nitrogens with two attached hydrogens (primary N) is 1. The topological polar surface area (TPSA) is 62.5 Å². The van der Waals surface area contributed by atoms with Gasteiger partial charge < -0.3 is 15.5 Å². The molecule has 0 aromatic carbocycles. The Kier molecular flexibility index (Phi) is 4.33. The zero-order valence-electron chi connectivity index (χ0n) is 12.7. The summed E-state index contributed by atoms with van der Waals surface area (Å²) in [7, 11) is 0. The molecule has 6 heteroatoms. The minimum atomic E-state index is 0.0811. The average molecular weight is 308 g/mol.